The molecule has 2 aromatic carbocycles. The maximum absolute atomic E-state index is 12.6. The molecule has 1 aliphatic rings. The number of aliphatic hydroxyl groups is 1. The van der Waals surface area contributed by atoms with Gasteiger partial charge in [-0.1, -0.05) is 36.4 Å². The van der Waals surface area contributed by atoms with E-state index in [1.807, 2.05) is 0 Å². The zero-order valence-electron chi connectivity index (χ0n) is 10.9. The number of aliphatic hydroxyl groups excluding tert-OH is 1. The molecule has 2 aromatic rings. The second kappa shape index (κ2) is 4.96. The molecule has 5 heteroatoms. The van der Waals surface area contributed by atoms with Crippen LogP contribution < -0.4 is 5.32 Å². The highest BCUT2D eigenvalue weighted by atomic mass is 16.3. The van der Waals surface area contributed by atoms with Crippen LogP contribution >= 0.6 is 0 Å². The van der Waals surface area contributed by atoms with Crippen molar-refractivity contribution < 1.29 is 19.5 Å². The molecule has 0 saturated heterocycles. The SMILES string of the molecule is O=C(CO)Nc1cccc2c1C(=O)c1ccccc1C2=O. The molecule has 2 N–H and O–H groups in total. The second-order valence-electron chi connectivity index (χ2n) is 4.64. The number of carbonyl (C=O) groups excluding carboxylic acids is 3. The lowest BCUT2D eigenvalue weighted by atomic mass is 9.83. The number of benzene rings is 2. The maximum Gasteiger partial charge on any atom is 0.250 e. The second-order valence-corrected chi connectivity index (χ2v) is 4.64. The lowest BCUT2D eigenvalue weighted by Crippen LogP contribution is -2.24. The molecule has 0 fully saturated rings. The minimum absolute atomic E-state index is 0.169. The summed E-state index contributed by atoms with van der Waals surface area (Å²) in [5.41, 5.74) is 1.35. The van der Waals surface area contributed by atoms with Crippen LogP contribution in [0.3, 0.4) is 0 Å². The summed E-state index contributed by atoms with van der Waals surface area (Å²) in [5.74, 6) is -1.20. The number of carbonyl (C=O) groups is 3. The van der Waals surface area contributed by atoms with E-state index < -0.39 is 12.5 Å². The van der Waals surface area contributed by atoms with Gasteiger partial charge in [0.25, 0.3) is 0 Å². The Hall–Kier alpha value is -2.79. The topological polar surface area (TPSA) is 83.5 Å². The molecule has 5 nitrogen and oxygen atoms in total. The first-order valence-electron chi connectivity index (χ1n) is 6.35. The first-order valence-corrected chi connectivity index (χ1v) is 6.35. The third kappa shape index (κ3) is 2.04. The summed E-state index contributed by atoms with van der Waals surface area (Å²) in [6, 6.07) is 11.3. The van der Waals surface area contributed by atoms with Crippen LogP contribution in [0.25, 0.3) is 0 Å². The van der Waals surface area contributed by atoms with Gasteiger partial charge in [0.15, 0.2) is 11.6 Å². The highest BCUT2D eigenvalue weighted by Crippen LogP contribution is 2.31. The van der Waals surface area contributed by atoms with E-state index >= 15 is 0 Å². The molecule has 0 heterocycles. The first-order chi connectivity index (χ1) is 10.1. The zero-order chi connectivity index (χ0) is 15.0. The molecule has 0 saturated carbocycles. The summed E-state index contributed by atoms with van der Waals surface area (Å²) in [7, 11) is 0. The van der Waals surface area contributed by atoms with Crippen LogP contribution in [0.2, 0.25) is 0 Å². The van der Waals surface area contributed by atoms with Crippen molar-refractivity contribution in [1.29, 1.82) is 0 Å². The largest absolute Gasteiger partial charge is 0.387 e. The van der Waals surface area contributed by atoms with Crippen LogP contribution in [0.5, 0.6) is 0 Å². The van der Waals surface area contributed by atoms with Crippen molar-refractivity contribution in [2.75, 3.05) is 11.9 Å². The summed E-state index contributed by atoms with van der Waals surface area (Å²) in [6.45, 7) is -0.692. The van der Waals surface area contributed by atoms with Crippen LogP contribution in [-0.4, -0.2) is 29.2 Å². The van der Waals surface area contributed by atoms with Gasteiger partial charge < -0.3 is 10.4 Å². The normalized spacial score (nSPS) is 12.6. The Labute approximate surface area is 120 Å². The Balaban J connectivity index is 2.19. The Morgan fingerprint density at radius 3 is 2.19 bits per heavy atom. The van der Waals surface area contributed by atoms with Crippen LogP contribution in [0, 0.1) is 0 Å². The van der Waals surface area contributed by atoms with E-state index in [1.54, 1.807) is 36.4 Å². The van der Waals surface area contributed by atoms with Gasteiger partial charge >= 0.3 is 0 Å². The van der Waals surface area contributed by atoms with E-state index in [9.17, 15) is 14.4 Å². The third-order valence-electron chi connectivity index (χ3n) is 3.37. The molecule has 0 aromatic heterocycles. The Morgan fingerprint density at radius 1 is 0.905 bits per heavy atom. The van der Waals surface area contributed by atoms with Crippen LogP contribution in [0.15, 0.2) is 42.5 Å². The fraction of sp³-hybridized carbons (Fsp3) is 0.0625. The van der Waals surface area contributed by atoms with E-state index in [-0.39, 0.29) is 28.4 Å². The minimum Gasteiger partial charge on any atom is -0.387 e. The van der Waals surface area contributed by atoms with E-state index in [4.69, 9.17) is 5.11 Å². The Bertz CT molecular complexity index is 780. The standard InChI is InChI=1S/C16H11NO4/c18-8-13(19)17-12-7-3-6-11-14(12)16(21)10-5-2-1-4-9(10)15(11)20/h1-7,18H,8H2,(H,17,19). The Morgan fingerprint density at radius 2 is 1.52 bits per heavy atom. The van der Waals surface area contributed by atoms with Crippen molar-refractivity contribution in [2.24, 2.45) is 0 Å². The van der Waals surface area contributed by atoms with Crippen LogP contribution in [0.4, 0.5) is 5.69 Å². The fourth-order valence-corrected chi connectivity index (χ4v) is 2.44. The molecule has 0 bridgehead atoms. The molecule has 0 aliphatic heterocycles. The number of nitrogens with one attached hydrogen (secondary N) is 1. The Kier molecular flexibility index (Phi) is 3.12. The van der Waals surface area contributed by atoms with Crippen molar-refractivity contribution in [3.05, 3.63) is 64.7 Å². The van der Waals surface area contributed by atoms with Gasteiger partial charge in [0.2, 0.25) is 5.91 Å². The van der Waals surface area contributed by atoms with Crippen LogP contribution in [0.1, 0.15) is 31.8 Å². The molecule has 1 aliphatic carbocycles. The first kappa shape index (κ1) is 13.2. The van der Waals surface area contributed by atoms with Crippen molar-refractivity contribution in [3.8, 4) is 0 Å². The third-order valence-corrected chi connectivity index (χ3v) is 3.37. The molecular formula is C16H11NO4. The van der Waals surface area contributed by atoms with Gasteiger partial charge in [0.1, 0.15) is 6.61 Å². The van der Waals surface area contributed by atoms with Crippen molar-refractivity contribution in [2.45, 2.75) is 0 Å². The predicted molar refractivity (Wildman–Crippen MR) is 75.5 cm³/mol. The molecule has 104 valence electrons. The van der Waals surface area contributed by atoms with Gasteiger partial charge in [-0.15, -0.1) is 0 Å². The molecule has 0 unspecified atom stereocenters. The molecule has 0 radical (unpaired) electrons. The number of anilines is 1. The van der Waals surface area contributed by atoms with Crippen molar-refractivity contribution in [1.82, 2.24) is 0 Å². The van der Waals surface area contributed by atoms with E-state index in [1.165, 1.54) is 6.07 Å². The minimum atomic E-state index is -0.692. The lowest BCUT2D eigenvalue weighted by Gasteiger charge is -2.20. The van der Waals surface area contributed by atoms with Gasteiger partial charge in [-0.05, 0) is 6.07 Å². The molecule has 0 spiro atoms. The van der Waals surface area contributed by atoms with E-state index in [0.29, 0.717) is 11.1 Å². The van der Waals surface area contributed by atoms with Crippen LogP contribution in [-0.2, 0) is 4.79 Å². The summed E-state index contributed by atoms with van der Waals surface area (Å²) in [5, 5.41) is 11.3. The predicted octanol–water partition coefficient (Wildman–Crippen LogP) is 1.39. The molecular weight excluding hydrogens is 270 g/mol. The number of hydrogen-bond acceptors (Lipinski definition) is 4. The van der Waals surface area contributed by atoms with Gasteiger partial charge in [0.05, 0.1) is 11.3 Å². The van der Waals surface area contributed by atoms with Gasteiger partial charge in [0, 0.05) is 16.7 Å². The lowest BCUT2D eigenvalue weighted by molar-refractivity contribution is -0.118. The summed E-state index contributed by atoms with van der Waals surface area (Å²) < 4.78 is 0. The zero-order valence-corrected chi connectivity index (χ0v) is 10.9. The molecule has 0 atom stereocenters. The number of ketones is 2. The summed E-state index contributed by atoms with van der Waals surface area (Å²) >= 11 is 0. The average Bonchev–Trinajstić information content (AvgIpc) is 2.52. The maximum atomic E-state index is 12.6. The van der Waals surface area contributed by atoms with Crippen molar-refractivity contribution in [3.63, 3.8) is 0 Å². The number of amides is 1. The van der Waals surface area contributed by atoms with Gasteiger partial charge in [-0.3, -0.25) is 14.4 Å². The summed E-state index contributed by atoms with van der Waals surface area (Å²) in [6.07, 6.45) is 0. The number of rotatable bonds is 2. The smallest absolute Gasteiger partial charge is 0.250 e. The van der Waals surface area contributed by atoms with E-state index in [2.05, 4.69) is 5.32 Å². The molecule has 1 amide bonds. The van der Waals surface area contributed by atoms with E-state index in [0.717, 1.165) is 0 Å². The number of hydrogen-bond donors (Lipinski definition) is 2. The monoisotopic (exact) mass is 281 g/mol. The number of fused-ring (bicyclic) bond motifs is 2. The van der Waals surface area contributed by atoms with Gasteiger partial charge in [-0.25, -0.2) is 0 Å². The van der Waals surface area contributed by atoms with Gasteiger partial charge in [-0.2, -0.15) is 0 Å². The quantitative estimate of drug-likeness (QED) is 0.743. The average molecular weight is 281 g/mol. The summed E-state index contributed by atoms with van der Waals surface area (Å²) in [4.78, 5) is 36.4. The molecule has 21 heavy (non-hydrogen) atoms. The molecule has 3 rings (SSSR count). The highest BCUT2D eigenvalue weighted by molar-refractivity contribution is 6.30. The highest BCUT2D eigenvalue weighted by Gasteiger charge is 2.31. The fourth-order valence-electron chi connectivity index (χ4n) is 2.44. The van der Waals surface area contributed by atoms with Crippen molar-refractivity contribution >= 4 is 23.2 Å².